The summed E-state index contributed by atoms with van der Waals surface area (Å²) in [5.74, 6) is -0.107. The average molecular weight is 355 g/mol. The lowest BCUT2D eigenvalue weighted by molar-refractivity contribution is 0.0123. The molecule has 2 aromatic carbocycles. The normalized spacial score (nSPS) is 17.0. The Bertz CT molecular complexity index is 898. The zero-order valence-electron chi connectivity index (χ0n) is 14.3. The van der Waals surface area contributed by atoms with Crippen molar-refractivity contribution in [3.8, 4) is 0 Å². The fourth-order valence-electron chi connectivity index (χ4n) is 2.67. The van der Waals surface area contributed by atoms with E-state index < -0.39 is 15.4 Å². The summed E-state index contributed by atoms with van der Waals surface area (Å²) in [7, 11) is -3.54. The quantitative estimate of drug-likeness (QED) is 0.774. The Kier molecular flexibility index (Phi) is 4.77. The molecule has 0 fully saturated rings. The summed E-state index contributed by atoms with van der Waals surface area (Å²) in [4.78, 5) is 5.23. The summed E-state index contributed by atoms with van der Waals surface area (Å²) in [6.45, 7) is 3.66. The van der Waals surface area contributed by atoms with Crippen LogP contribution in [0, 0.1) is 0 Å². The molecular weight excluding hydrogens is 334 g/mol. The predicted octanol–water partition coefficient (Wildman–Crippen LogP) is 4.15. The minimum atomic E-state index is -3.54. The summed E-state index contributed by atoms with van der Waals surface area (Å²) < 4.78 is 25.7. The van der Waals surface area contributed by atoms with Gasteiger partial charge in [-0.05, 0) is 30.5 Å². The van der Waals surface area contributed by atoms with Gasteiger partial charge in [0.05, 0.1) is 5.75 Å². The lowest BCUT2D eigenvalue weighted by atomic mass is 10.0. The number of sulfone groups is 1. The molecule has 1 aliphatic rings. The molecule has 2 aromatic rings. The summed E-state index contributed by atoms with van der Waals surface area (Å²) in [5, 5.41) is 3.93. The van der Waals surface area contributed by atoms with E-state index in [-0.39, 0.29) is 10.8 Å². The van der Waals surface area contributed by atoms with Crippen molar-refractivity contribution in [1.29, 1.82) is 0 Å². The van der Waals surface area contributed by atoms with Gasteiger partial charge in [0.2, 0.25) is 0 Å². The second-order valence-electron chi connectivity index (χ2n) is 6.72. The van der Waals surface area contributed by atoms with Gasteiger partial charge in [-0.25, -0.2) is 8.42 Å². The van der Waals surface area contributed by atoms with Crippen LogP contribution < -0.4 is 0 Å². The molecule has 0 saturated carbocycles. The molecule has 0 N–H and O–H groups in total. The van der Waals surface area contributed by atoms with E-state index in [0.29, 0.717) is 6.42 Å². The van der Waals surface area contributed by atoms with Crippen LogP contribution in [-0.4, -0.2) is 24.8 Å². The summed E-state index contributed by atoms with van der Waals surface area (Å²) >= 11 is 0. The van der Waals surface area contributed by atoms with E-state index in [1.165, 1.54) is 0 Å². The lowest BCUT2D eigenvalue weighted by Gasteiger charge is -2.13. The number of hydrogen-bond acceptors (Lipinski definition) is 4. The number of benzene rings is 2. The van der Waals surface area contributed by atoms with E-state index in [0.717, 1.165) is 16.7 Å². The second kappa shape index (κ2) is 6.84. The zero-order valence-corrected chi connectivity index (χ0v) is 15.2. The van der Waals surface area contributed by atoms with Crippen LogP contribution in [0.2, 0.25) is 0 Å². The van der Waals surface area contributed by atoms with Crippen LogP contribution in [0.5, 0.6) is 0 Å². The van der Waals surface area contributed by atoms with Crippen LogP contribution in [0.25, 0.3) is 11.6 Å². The molecule has 0 radical (unpaired) electrons. The monoisotopic (exact) mass is 355 g/mol. The van der Waals surface area contributed by atoms with Crippen LogP contribution in [-0.2, 0) is 14.7 Å². The maximum atomic E-state index is 12.8. The summed E-state index contributed by atoms with van der Waals surface area (Å²) in [6, 6.07) is 19.3. The average Bonchev–Trinajstić information content (AvgIpc) is 2.97. The predicted molar refractivity (Wildman–Crippen MR) is 102 cm³/mol. The van der Waals surface area contributed by atoms with Crippen molar-refractivity contribution in [3.63, 3.8) is 0 Å². The Morgan fingerprint density at radius 3 is 2.24 bits per heavy atom. The van der Waals surface area contributed by atoms with E-state index >= 15 is 0 Å². The summed E-state index contributed by atoms with van der Waals surface area (Å²) in [5.41, 5.74) is 2.01. The maximum Gasteiger partial charge on any atom is 0.199 e. The summed E-state index contributed by atoms with van der Waals surface area (Å²) in [6.07, 6.45) is 2.21. The van der Waals surface area contributed by atoms with E-state index in [1.807, 2.05) is 80.6 Å². The molecule has 5 heteroatoms. The molecule has 0 aliphatic carbocycles. The lowest BCUT2D eigenvalue weighted by Crippen LogP contribution is -2.24. The van der Waals surface area contributed by atoms with Crippen molar-refractivity contribution in [2.75, 3.05) is 5.75 Å². The molecule has 4 nitrogen and oxygen atoms in total. The van der Waals surface area contributed by atoms with Gasteiger partial charge in [0, 0.05) is 6.42 Å². The molecule has 0 spiro atoms. The molecule has 3 rings (SSSR count). The highest BCUT2D eigenvalue weighted by Gasteiger charge is 2.36. The van der Waals surface area contributed by atoms with Gasteiger partial charge in [-0.1, -0.05) is 71.9 Å². The van der Waals surface area contributed by atoms with Gasteiger partial charge >= 0.3 is 0 Å². The smallest absolute Gasteiger partial charge is 0.199 e. The molecular formula is C20H21NO3S. The van der Waals surface area contributed by atoms with Crippen molar-refractivity contribution in [1.82, 2.24) is 0 Å². The molecule has 1 heterocycles. The molecule has 0 saturated heterocycles. The van der Waals surface area contributed by atoms with Gasteiger partial charge in [-0.2, -0.15) is 0 Å². The van der Waals surface area contributed by atoms with Crippen LogP contribution in [0.15, 0.2) is 65.8 Å². The Balaban J connectivity index is 1.95. The van der Waals surface area contributed by atoms with Gasteiger partial charge < -0.3 is 4.84 Å². The number of hydrogen-bond donors (Lipinski definition) is 0. The van der Waals surface area contributed by atoms with Gasteiger partial charge in [0.25, 0.3) is 0 Å². The third-order valence-corrected chi connectivity index (χ3v) is 5.59. The molecule has 0 aromatic heterocycles. The first-order chi connectivity index (χ1) is 11.9. The Morgan fingerprint density at radius 2 is 1.68 bits per heavy atom. The largest absolute Gasteiger partial charge is 0.389 e. The van der Waals surface area contributed by atoms with Gasteiger partial charge in [-0.3, -0.25) is 0 Å². The first kappa shape index (κ1) is 17.4. The standard InChI is InChI=1S/C20H21NO3S/c1-20(2)14-19(21-24-20)25(22,23)15-18(17-11-7-4-8-12-17)13-16-9-5-3-6-10-16/h3-13H,14-15H2,1-2H3/b18-13+. The highest BCUT2D eigenvalue weighted by atomic mass is 32.2. The third kappa shape index (κ3) is 4.37. The van der Waals surface area contributed by atoms with E-state index in [9.17, 15) is 8.42 Å². The minimum Gasteiger partial charge on any atom is -0.389 e. The fraction of sp³-hybridized carbons (Fsp3) is 0.250. The molecule has 1 aliphatic heterocycles. The molecule has 0 unspecified atom stereocenters. The van der Waals surface area contributed by atoms with Crippen molar-refractivity contribution in [2.45, 2.75) is 25.9 Å². The second-order valence-corrected chi connectivity index (χ2v) is 8.71. The molecule has 130 valence electrons. The Morgan fingerprint density at radius 1 is 1.08 bits per heavy atom. The maximum absolute atomic E-state index is 12.8. The molecule has 0 amide bonds. The fourth-order valence-corrected chi connectivity index (χ4v) is 4.21. The molecule has 0 atom stereocenters. The number of oxime groups is 1. The van der Waals surface area contributed by atoms with Crippen LogP contribution in [0.3, 0.4) is 0 Å². The van der Waals surface area contributed by atoms with E-state index in [2.05, 4.69) is 5.16 Å². The molecule has 0 bridgehead atoms. The topological polar surface area (TPSA) is 55.7 Å². The van der Waals surface area contributed by atoms with E-state index in [4.69, 9.17) is 4.84 Å². The van der Waals surface area contributed by atoms with Crippen molar-refractivity contribution in [2.24, 2.45) is 5.16 Å². The van der Waals surface area contributed by atoms with Crippen LogP contribution in [0.4, 0.5) is 0 Å². The highest BCUT2D eigenvalue weighted by Crippen LogP contribution is 2.28. The van der Waals surface area contributed by atoms with Crippen LogP contribution >= 0.6 is 0 Å². The highest BCUT2D eigenvalue weighted by molar-refractivity contribution is 8.06. The Labute approximate surface area is 148 Å². The first-order valence-corrected chi connectivity index (χ1v) is 9.80. The number of nitrogens with zero attached hydrogens (tertiary/aromatic N) is 1. The SMILES string of the molecule is CC1(C)CC(S(=O)(=O)C/C(=C\c2ccccc2)c2ccccc2)=NO1. The minimum absolute atomic E-state index is 0.107. The van der Waals surface area contributed by atoms with Crippen molar-refractivity contribution < 1.29 is 13.3 Å². The van der Waals surface area contributed by atoms with Crippen LogP contribution in [0.1, 0.15) is 31.4 Å². The molecule has 25 heavy (non-hydrogen) atoms. The third-order valence-electron chi connectivity index (χ3n) is 3.96. The first-order valence-electron chi connectivity index (χ1n) is 8.15. The van der Waals surface area contributed by atoms with E-state index in [1.54, 1.807) is 0 Å². The van der Waals surface area contributed by atoms with Gasteiger partial charge in [-0.15, -0.1) is 0 Å². The van der Waals surface area contributed by atoms with Gasteiger partial charge in [0.1, 0.15) is 5.60 Å². The Hall–Kier alpha value is -2.40. The number of rotatable bonds is 4. The van der Waals surface area contributed by atoms with Gasteiger partial charge in [0.15, 0.2) is 14.9 Å². The van der Waals surface area contributed by atoms with Crippen molar-refractivity contribution in [3.05, 3.63) is 71.8 Å². The van der Waals surface area contributed by atoms with Crippen molar-refractivity contribution >= 4 is 26.5 Å². The zero-order chi connectivity index (χ0) is 17.9.